The first kappa shape index (κ1) is 27.0. The van der Waals surface area contributed by atoms with Gasteiger partial charge >= 0.3 is 6.09 Å². The minimum Gasteiger partial charge on any atom is -0.444 e. The van der Waals surface area contributed by atoms with Crippen LogP contribution in [-0.2, 0) is 11.3 Å². The van der Waals surface area contributed by atoms with Crippen LogP contribution < -0.4 is 10.6 Å². The van der Waals surface area contributed by atoms with Crippen LogP contribution in [0.2, 0.25) is 5.02 Å². The Kier molecular flexibility index (Phi) is 7.70. The van der Waals surface area contributed by atoms with Gasteiger partial charge in [0.15, 0.2) is 0 Å². The highest BCUT2D eigenvalue weighted by molar-refractivity contribution is 9.10. The van der Waals surface area contributed by atoms with E-state index in [1.807, 2.05) is 49.8 Å². The van der Waals surface area contributed by atoms with Gasteiger partial charge < -0.3 is 20.4 Å². The molecule has 12 heteroatoms. The lowest BCUT2D eigenvalue weighted by atomic mass is 9.87. The SMILES string of the molecule is CC(C)(C)OC(=O)NC1CCCN(Cc2cn(C3CC(NC(=O)c4[nH]c5ccc(Br)cc5c4Cl)C3)nn2)C1. The Labute approximate surface area is 234 Å². The van der Waals surface area contributed by atoms with E-state index in [9.17, 15) is 9.59 Å². The van der Waals surface area contributed by atoms with Crippen LogP contribution >= 0.6 is 27.5 Å². The predicted molar refractivity (Wildman–Crippen MR) is 148 cm³/mol. The third kappa shape index (κ3) is 6.32. The minimum absolute atomic E-state index is 0.0520. The van der Waals surface area contributed by atoms with Gasteiger partial charge in [0.2, 0.25) is 0 Å². The summed E-state index contributed by atoms with van der Waals surface area (Å²) < 4.78 is 8.20. The number of aromatic nitrogens is 4. The van der Waals surface area contributed by atoms with Gasteiger partial charge in [-0.15, -0.1) is 5.10 Å². The molecule has 1 unspecified atom stereocenters. The average Bonchev–Trinajstić information content (AvgIpc) is 3.39. The van der Waals surface area contributed by atoms with Crippen molar-refractivity contribution in [3.8, 4) is 0 Å². The first-order valence-electron chi connectivity index (χ1n) is 12.9. The molecular weight excluding hydrogens is 574 g/mol. The van der Waals surface area contributed by atoms with E-state index in [0.717, 1.165) is 59.8 Å². The maximum absolute atomic E-state index is 12.8. The Bertz CT molecular complexity index is 1330. The molecule has 2 fully saturated rings. The molecule has 2 aromatic heterocycles. The molecule has 3 N–H and O–H groups in total. The molecule has 1 aliphatic carbocycles. The monoisotopic (exact) mass is 605 g/mol. The van der Waals surface area contributed by atoms with Crippen LogP contribution in [0.4, 0.5) is 4.79 Å². The Morgan fingerprint density at radius 1 is 1.24 bits per heavy atom. The van der Waals surface area contributed by atoms with Gasteiger partial charge in [0.1, 0.15) is 11.3 Å². The van der Waals surface area contributed by atoms with Crippen LogP contribution in [0, 0.1) is 0 Å². The van der Waals surface area contributed by atoms with Crippen LogP contribution in [0.5, 0.6) is 0 Å². The lowest BCUT2D eigenvalue weighted by molar-refractivity contribution is 0.0469. The number of hydrogen-bond acceptors (Lipinski definition) is 6. The largest absolute Gasteiger partial charge is 0.444 e. The first-order chi connectivity index (χ1) is 18.0. The number of nitrogens with zero attached hydrogens (tertiary/aromatic N) is 4. The molecule has 38 heavy (non-hydrogen) atoms. The quantitative estimate of drug-likeness (QED) is 0.371. The second kappa shape index (κ2) is 10.9. The van der Waals surface area contributed by atoms with Crippen molar-refractivity contribution in [2.45, 2.75) is 76.7 Å². The fraction of sp³-hybridized carbons (Fsp3) is 0.538. The number of piperidine rings is 1. The zero-order valence-corrected chi connectivity index (χ0v) is 24.1. The number of carbonyl (C=O) groups is 2. The zero-order chi connectivity index (χ0) is 27.0. The second-order valence-electron chi connectivity index (χ2n) is 11.2. The third-order valence-corrected chi connectivity index (χ3v) is 7.80. The van der Waals surface area contributed by atoms with Gasteiger partial charge in [0, 0.05) is 40.5 Å². The number of aromatic amines is 1. The molecule has 1 saturated heterocycles. The maximum atomic E-state index is 12.8. The van der Waals surface area contributed by atoms with E-state index in [1.54, 1.807) is 0 Å². The van der Waals surface area contributed by atoms with E-state index < -0.39 is 5.60 Å². The van der Waals surface area contributed by atoms with Crippen molar-refractivity contribution in [2.24, 2.45) is 0 Å². The van der Waals surface area contributed by atoms with Gasteiger partial charge in [0.25, 0.3) is 5.91 Å². The highest BCUT2D eigenvalue weighted by Gasteiger charge is 2.34. The molecule has 3 heterocycles. The summed E-state index contributed by atoms with van der Waals surface area (Å²) in [6.07, 6.45) is 5.10. The molecule has 0 spiro atoms. The van der Waals surface area contributed by atoms with Crippen molar-refractivity contribution in [3.63, 3.8) is 0 Å². The Balaban J connectivity index is 1.10. The molecule has 1 aliphatic heterocycles. The predicted octanol–water partition coefficient (Wildman–Crippen LogP) is 4.80. The Morgan fingerprint density at radius 3 is 2.79 bits per heavy atom. The second-order valence-corrected chi connectivity index (χ2v) is 12.5. The summed E-state index contributed by atoms with van der Waals surface area (Å²) in [6.45, 7) is 7.95. The number of likely N-dealkylation sites (tertiary alicyclic amines) is 1. The van der Waals surface area contributed by atoms with E-state index in [1.165, 1.54) is 0 Å². The van der Waals surface area contributed by atoms with Crippen molar-refractivity contribution in [1.29, 1.82) is 0 Å². The van der Waals surface area contributed by atoms with Crippen molar-refractivity contribution in [1.82, 2.24) is 35.5 Å². The molecule has 5 rings (SSSR count). The number of H-pyrrole nitrogens is 1. The van der Waals surface area contributed by atoms with Crippen LogP contribution in [0.25, 0.3) is 10.9 Å². The summed E-state index contributed by atoms with van der Waals surface area (Å²) in [4.78, 5) is 30.4. The number of carbonyl (C=O) groups excluding carboxylic acids is 2. The van der Waals surface area contributed by atoms with Crippen LogP contribution in [0.3, 0.4) is 0 Å². The fourth-order valence-electron chi connectivity index (χ4n) is 5.05. The number of amides is 2. The number of benzene rings is 1. The molecule has 0 radical (unpaired) electrons. The van der Waals surface area contributed by atoms with E-state index in [-0.39, 0.29) is 30.1 Å². The van der Waals surface area contributed by atoms with Gasteiger partial charge in [0.05, 0.1) is 23.0 Å². The number of nitrogens with one attached hydrogen (secondary N) is 3. The number of alkyl carbamates (subject to hydrolysis) is 1. The van der Waals surface area contributed by atoms with Crippen molar-refractivity contribution >= 4 is 50.4 Å². The van der Waals surface area contributed by atoms with Gasteiger partial charge in [-0.25, -0.2) is 9.48 Å². The van der Waals surface area contributed by atoms with Crippen molar-refractivity contribution < 1.29 is 14.3 Å². The number of hydrogen-bond donors (Lipinski definition) is 3. The maximum Gasteiger partial charge on any atom is 0.407 e. The van der Waals surface area contributed by atoms with Crippen LogP contribution in [0.1, 0.15) is 68.7 Å². The van der Waals surface area contributed by atoms with E-state index in [0.29, 0.717) is 17.3 Å². The minimum atomic E-state index is -0.512. The molecule has 2 aliphatic rings. The summed E-state index contributed by atoms with van der Waals surface area (Å²) >= 11 is 9.91. The van der Waals surface area contributed by atoms with Gasteiger partial charge in [-0.2, -0.15) is 0 Å². The molecule has 1 atom stereocenters. The normalized spacial score (nSPS) is 22.2. The smallest absolute Gasteiger partial charge is 0.407 e. The number of rotatable bonds is 6. The molecule has 2 amide bonds. The molecular formula is C26H33BrClN7O3. The molecule has 10 nitrogen and oxygen atoms in total. The van der Waals surface area contributed by atoms with Crippen LogP contribution in [0.15, 0.2) is 28.9 Å². The highest BCUT2D eigenvalue weighted by atomic mass is 79.9. The van der Waals surface area contributed by atoms with Crippen LogP contribution in [-0.4, -0.2) is 67.7 Å². The molecule has 0 bridgehead atoms. The standard InChI is InChI=1S/C26H33BrClN7O3/c1-26(2,3)38-25(37)30-16-5-4-8-34(12-16)13-18-14-35(33-32-18)19-10-17(11-19)29-24(36)23-22(28)20-9-15(27)6-7-21(20)31-23/h6-7,9,14,16-17,19,31H,4-5,8,10-13H2,1-3H3,(H,29,36)(H,30,37). The summed E-state index contributed by atoms with van der Waals surface area (Å²) in [6, 6.07) is 6.00. The first-order valence-corrected chi connectivity index (χ1v) is 14.1. The summed E-state index contributed by atoms with van der Waals surface area (Å²) in [5.41, 5.74) is 1.59. The van der Waals surface area contributed by atoms with Gasteiger partial charge in [-0.1, -0.05) is 32.7 Å². The highest BCUT2D eigenvalue weighted by Crippen LogP contribution is 2.33. The van der Waals surface area contributed by atoms with E-state index >= 15 is 0 Å². The number of fused-ring (bicyclic) bond motifs is 1. The number of halogens is 2. The number of ether oxygens (including phenoxy) is 1. The zero-order valence-electron chi connectivity index (χ0n) is 21.8. The topological polar surface area (TPSA) is 117 Å². The Hall–Kier alpha value is -2.63. The van der Waals surface area contributed by atoms with E-state index in [2.05, 4.69) is 46.8 Å². The summed E-state index contributed by atoms with van der Waals surface area (Å²) in [5, 5.41) is 16.0. The van der Waals surface area contributed by atoms with Crippen molar-refractivity contribution in [2.75, 3.05) is 13.1 Å². The molecule has 3 aromatic rings. The molecule has 1 aromatic carbocycles. The van der Waals surface area contributed by atoms with E-state index in [4.69, 9.17) is 16.3 Å². The summed E-state index contributed by atoms with van der Waals surface area (Å²) in [5.74, 6) is -0.204. The van der Waals surface area contributed by atoms with Gasteiger partial charge in [-0.05, 0) is 71.2 Å². The lowest BCUT2D eigenvalue weighted by Gasteiger charge is -2.35. The average molecular weight is 607 g/mol. The Morgan fingerprint density at radius 2 is 2.03 bits per heavy atom. The molecule has 204 valence electrons. The third-order valence-electron chi connectivity index (χ3n) is 6.92. The summed E-state index contributed by atoms with van der Waals surface area (Å²) in [7, 11) is 0. The fourth-order valence-corrected chi connectivity index (χ4v) is 5.70. The van der Waals surface area contributed by atoms with Crippen molar-refractivity contribution in [3.05, 3.63) is 45.3 Å². The van der Waals surface area contributed by atoms with Gasteiger partial charge in [-0.3, -0.25) is 9.69 Å². The molecule has 1 saturated carbocycles. The lowest BCUT2D eigenvalue weighted by Crippen LogP contribution is -2.48.